The lowest BCUT2D eigenvalue weighted by Gasteiger charge is -2.33. The third kappa shape index (κ3) is 4.84. The Balaban J connectivity index is 2.13. The van der Waals surface area contributed by atoms with Crippen LogP contribution in [0.5, 0.6) is 0 Å². The fraction of sp³-hybridized carbons (Fsp3) is 0.562. The Morgan fingerprint density at radius 1 is 1.42 bits per heavy atom. The standard InChI is InChI=1S/C16H20ClF3N2O2/c1-21(2)6-5-12-10-22(7-8-24-12)15(23)13-9-11(16(18,19)20)3-4-14(13)17/h3-4,9,12H,5-8,10H2,1-2H3/t12-/m1/s1. The third-order valence-electron chi connectivity index (χ3n) is 3.85. The summed E-state index contributed by atoms with van der Waals surface area (Å²) in [4.78, 5) is 16.1. The maximum absolute atomic E-state index is 12.9. The van der Waals surface area contributed by atoms with E-state index >= 15 is 0 Å². The topological polar surface area (TPSA) is 32.8 Å². The number of ether oxygens (including phenoxy) is 1. The highest BCUT2D eigenvalue weighted by atomic mass is 35.5. The van der Waals surface area contributed by atoms with Crippen molar-refractivity contribution in [2.24, 2.45) is 0 Å². The molecule has 24 heavy (non-hydrogen) atoms. The molecule has 0 aliphatic carbocycles. The van der Waals surface area contributed by atoms with Gasteiger partial charge in [0, 0.05) is 19.6 Å². The highest BCUT2D eigenvalue weighted by molar-refractivity contribution is 6.33. The van der Waals surface area contributed by atoms with Crippen LogP contribution >= 0.6 is 11.6 Å². The first-order valence-electron chi connectivity index (χ1n) is 7.61. The molecular formula is C16H20ClF3N2O2. The first kappa shape index (κ1) is 19.0. The van der Waals surface area contributed by atoms with Crippen LogP contribution in [0.2, 0.25) is 5.02 Å². The summed E-state index contributed by atoms with van der Waals surface area (Å²) < 4.78 is 44.2. The molecule has 1 saturated heterocycles. The molecule has 134 valence electrons. The summed E-state index contributed by atoms with van der Waals surface area (Å²) in [6.07, 6.45) is -3.90. The first-order valence-corrected chi connectivity index (χ1v) is 7.98. The predicted molar refractivity (Wildman–Crippen MR) is 85.3 cm³/mol. The van der Waals surface area contributed by atoms with Gasteiger partial charge in [0.2, 0.25) is 0 Å². The smallest absolute Gasteiger partial charge is 0.374 e. The molecule has 0 spiro atoms. The molecule has 2 rings (SSSR count). The van der Waals surface area contributed by atoms with E-state index in [1.165, 1.54) is 4.90 Å². The second-order valence-corrected chi connectivity index (χ2v) is 6.44. The van der Waals surface area contributed by atoms with Gasteiger partial charge < -0.3 is 14.5 Å². The fourth-order valence-corrected chi connectivity index (χ4v) is 2.71. The summed E-state index contributed by atoms with van der Waals surface area (Å²) in [6.45, 7) is 1.85. The van der Waals surface area contributed by atoms with E-state index in [0.29, 0.717) is 19.7 Å². The van der Waals surface area contributed by atoms with Crippen molar-refractivity contribution in [2.45, 2.75) is 18.7 Å². The summed E-state index contributed by atoms with van der Waals surface area (Å²) in [5, 5.41) is 0.0179. The molecule has 4 nitrogen and oxygen atoms in total. The van der Waals surface area contributed by atoms with Gasteiger partial charge in [0.05, 0.1) is 28.9 Å². The van der Waals surface area contributed by atoms with E-state index in [1.807, 2.05) is 19.0 Å². The minimum absolute atomic E-state index is 0.0179. The average molecular weight is 365 g/mol. The van der Waals surface area contributed by atoms with Crippen molar-refractivity contribution in [3.05, 3.63) is 34.3 Å². The van der Waals surface area contributed by atoms with Gasteiger partial charge in [-0.3, -0.25) is 4.79 Å². The van der Waals surface area contributed by atoms with Crippen LogP contribution in [-0.4, -0.2) is 62.1 Å². The number of carbonyl (C=O) groups excluding carboxylic acids is 1. The molecule has 1 aromatic rings. The fourth-order valence-electron chi connectivity index (χ4n) is 2.52. The zero-order valence-electron chi connectivity index (χ0n) is 13.6. The van der Waals surface area contributed by atoms with Crippen LogP contribution < -0.4 is 0 Å². The maximum atomic E-state index is 12.9. The normalized spacial score (nSPS) is 19.0. The van der Waals surface area contributed by atoms with Crippen molar-refractivity contribution in [3.63, 3.8) is 0 Å². The van der Waals surface area contributed by atoms with Crippen molar-refractivity contribution >= 4 is 17.5 Å². The average Bonchev–Trinajstić information content (AvgIpc) is 2.52. The zero-order valence-corrected chi connectivity index (χ0v) is 14.3. The van der Waals surface area contributed by atoms with E-state index in [0.717, 1.165) is 31.2 Å². The number of alkyl halides is 3. The minimum atomic E-state index is -4.52. The number of rotatable bonds is 4. The third-order valence-corrected chi connectivity index (χ3v) is 4.18. The van der Waals surface area contributed by atoms with Crippen molar-refractivity contribution in [1.82, 2.24) is 9.80 Å². The van der Waals surface area contributed by atoms with Gasteiger partial charge in [-0.1, -0.05) is 11.6 Å². The van der Waals surface area contributed by atoms with E-state index in [1.54, 1.807) is 0 Å². The number of benzene rings is 1. The van der Waals surface area contributed by atoms with Crippen LogP contribution in [0, 0.1) is 0 Å². The molecule has 1 amide bonds. The summed E-state index contributed by atoms with van der Waals surface area (Å²) >= 11 is 5.95. The van der Waals surface area contributed by atoms with Crippen LogP contribution in [0.3, 0.4) is 0 Å². The predicted octanol–water partition coefficient (Wildman–Crippen LogP) is 3.15. The van der Waals surface area contributed by atoms with Crippen molar-refractivity contribution in [2.75, 3.05) is 40.3 Å². The van der Waals surface area contributed by atoms with E-state index in [2.05, 4.69) is 0 Å². The van der Waals surface area contributed by atoms with Crippen LogP contribution in [-0.2, 0) is 10.9 Å². The largest absolute Gasteiger partial charge is 0.416 e. The van der Waals surface area contributed by atoms with Crippen molar-refractivity contribution < 1.29 is 22.7 Å². The quantitative estimate of drug-likeness (QED) is 0.822. The molecule has 0 N–H and O–H groups in total. The molecule has 1 aromatic carbocycles. The van der Waals surface area contributed by atoms with E-state index < -0.39 is 17.6 Å². The summed E-state index contributed by atoms with van der Waals surface area (Å²) in [7, 11) is 3.88. The molecule has 0 radical (unpaired) electrons. The van der Waals surface area contributed by atoms with Gasteiger partial charge in [0.15, 0.2) is 0 Å². The zero-order chi connectivity index (χ0) is 17.9. The molecule has 8 heteroatoms. The van der Waals surface area contributed by atoms with Gasteiger partial charge in [0.25, 0.3) is 5.91 Å². The molecule has 1 heterocycles. The second kappa shape index (κ2) is 7.72. The molecule has 1 aliphatic rings. The number of morpholine rings is 1. The lowest BCUT2D eigenvalue weighted by Crippen LogP contribution is -2.46. The summed E-state index contributed by atoms with van der Waals surface area (Å²) in [6, 6.07) is 2.80. The van der Waals surface area contributed by atoms with Crippen molar-refractivity contribution in [3.8, 4) is 0 Å². The minimum Gasteiger partial charge on any atom is -0.374 e. The Bertz CT molecular complexity index is 593. The molecule has 1 atom stereocenters. The van der Waals surface area contributed by atoms with Gasteiger partial charge >= 0.3 is 6.18 Å². The van der Waals surface area contributed by atoms with Gasteiger partial charge in [0.1, 0.15) is 0 Å². The Hall–Kier alpha value is -1.31. The Morgan fingerprint density at radius 2 is 2.12 bits per heavy atom. The number of amides is 1. The monoisotopic (exact) mass is 364 g/mol. The summed E-state index contributed by atoms with van der Waals surface area (Å²) in [5.74, 6) is -0.496. The highest BCUT2D eigenvalue weighted by Crippen LogP contribution is 2.32. The van der Waals surface area contributed by atoms with Crippen LogP contribution in [0.25, 0.3) is 0 Å². The number of hydrogen-bond donors (Lipinski definition) is 0. The summed E-state index contributed by atoms with van der Waals surface area (Å²) in [5.41, 5.74) is -1.01. The van der Waals surface area contributed by atoms with E-state index in [4.69, 9.17) is 16.3 Å². The molecule has 0 aromatic heterocycles. The molecule has 0 unspecified atom stereocenters. The maximum Gasteiger partial charge on any atom is 0.416 e. The van der Waals surface area contributed by atoms with Gasteiger partial charge in [-0.25, -0.2) is 0 Å². The lowest BCUT2D eigenvalue weighted by molar-refractivity contribution is -0.137. The highest BCUT2D eigenvalue weighted by Gasteiger charge is 2.33. The number of halogens is 4. The van der Waals surface area contributed by atoms with E-state index in [-0.39, 0.29) is 16.7 Å². The van der Waals surface area contributed by atoms with Crippen molar-refractivity contribution in [1.29, 1.82) is 0 Å². The second-order valence-electron chi connectivity index (χ2n) is 6.03. The van der Waals surface area contributed by atoms with Crippen LogP contribution in [0.15, 0.2) is 18.2 Å². The number of carbonyl (C=O) groups is 1. The van der Waals surface area contributed by atoms with Crippen LogP contribution in [0.1, 0.15) is 22.3 Å². The number of nitrogens with zero attached hydrogens (tertiary/aromatic N) is 2. The SMILES string of the molecule is CN(C)CC[C@@H]1CN(C(=O)c2cc(C(F)(F)F)ccc2Cl)CCO1. The number of hydrogen-bond acceptors (Lipinski definition) is 3. The Morgan fingerprint density at radius 3 is 2.75 bits per heavy atom. The molecule has 1 aliphatic heterocycles. The van der Waals surface area contributed by atoms with Gasteiger partial charge in [-0.05, 0) is 38.7 Å². The molecule has 0 bridgehead atoms. The lowest BCUT2D eigenvalue weighted by atomic mass is 10.1. The molecular weight excluding hydrogens is 345 g/mol. The van der Waals surface area contributed by atoms with Gasteiger partial charge in [-0.2, -0.15) is 13.2 Å². The Kier molecular flexibility index (Phi) is 6.11. The van der Waals surface area contributed by atoms with Crippen LogP contribution in [0.4, 0.5) is 13.2 Å². The van der Waals surface area contributed by atoms with Gasteiger partial charge in [-0.15, -0.1) is 0 Å². The van der Waals surface area contributed by atoms with E-state index in [9.17, 15) is 18.0 Å². The molecule has 1 fully saturated rings. The first-order chi connectivity index (χ1) is 11.2. The molecule has 0 saturated carbocycles. The Labute approximate surface area is 144 Å².